The molecule has 0 amide bonds. The van der Waals surface area contributed by atoms with E-state index in [1.54, 1.807) is 5.01 Å². The van der Waals surface area contributed by atoms with Crippen molar-refractivity contribution in [2.24, 2.45) is 10.3 Å². The van der Waals surface area contributed by atoms with Crippen LogP contribution in [-0.2, 0) is 6.18 Å². The summed E-state index contributed by atoms with van der Waals surface area (Å²) in [5.41, 5.74) is -1.49. The highest BCUT2D eigenvalue weighted by Crippen LogP contribution is 2.38. The van der Waals surface area contributed by atoms with Crippen molar-refractivity contribution in [3.8, 4) is 0 Å². The van der Waals surface area contributed by atoms with Gasteiger partial charge in [0.1, 0.15) is 5.69 Å². The molecule has 0 N–H and O–H groups in total. The van der Waals surface area contributed by atoms with E-state index in [0.29, 0.717) is 0 Å². The van der Waals surface area contributed by atoms with E-state index in [1.807, 2.05) is 27.7 Å². The number of hydrogen-bond acceptors (Lipinski definition) is 3. The van der Waals surface area contributed by atoms with Crippen LogP contribution in [0.1, 0.15) is 50.5 Å². The highest BCUT2D eigenvalue weighted by molar-refractivity contribution is 5.99. The van der Waals surface area contributed by atoms with E-state index < -0.39 is 23.2 Å². The van der Waals surface area contributed by atoms with Crippen molar-refractivity contribution in [2.45, 2.75) is 52.9 Å². The number of carbonyl (C=O) groups excluding carboxylic acids is 1. The highest BCUT2D eigenvalue weighted by atomic mass is 19.4. The SMILES string of the molecule is CC(=O)c1cccc(C(F)(F)F)c1N=NN(C(C)C)C(C)C. The van der Waals surface area contributed by atoms with E-state index in [1.165, 1.54) is 19.1 Å². The van der Waals surface area contributed by atoms with Crippen LogP contribution in [0.4, 0.5) is 18.9 Å². The summed E-state index contributed by atoms with van der Waals surface area (Å²) < 4.78 is 39.3. The van der Waals surface area contributed by atoms with Gasteiger partial charge in [0.25, 0.3) is 0 Å². The van der Waals surface area contributed by atoms with Gasteiger partial charge in [0.05, 0.1) is 5.56 Å². The standard InChI is InChI=1S/C15H20F3N3O/c1-9(2)21(10(3)4)20-19-14-12(11(5)22)7-6-8-13(14)15(16,17)18/h6-10H,1-5H3. The van der Waals surface area contributed by atoms with Gasteiger partial charge in [-0.25, -0.2) is 0 Å². The molecular weight excluding hydrogens is 295 g/mol. The number of benzene rings is 1. The first kappa shape index (κ1) is 18.1. The van der Waals surface area contributed by atoms with Crippen molar-refractivity contribution < 1.29 is 18.0 Å². The Labute approximate surface area is 128 Å². The molecule has 0 saturated carbocycles. The minimum Gasteiger partial charge on any atom is -0.294 e. The lowest BCUT2D eigenvalue weighted by Crippen LogP contribution is -2.31. The average molecular weight is 315 g/mol. The molecule has 1 aromatic rings. The first-order chi connectivity index (χ1) is 10.1. The summed E-state index contributed by atoms with van der Waals surface area (Å²) in [4.78, 5) is 11.6. The fourth-order valence-corrected chi connectivity index (χ4v) is 2.06. The smallest absolute Gasteiger partial charge is 0.294 e. The van der Waals surface area contributed by atoms with E-state index in [4.69, 9.17) is 0 Å². The lowest BCUT2D eigenvalue weighted by molar-refractivity contribution is -0.137. The second kappa shape index (κ2) is 6.89. The quantitative estimate of drug-likeness (QED) is 0.435. The maximum Gasteiger partial charge on any atom is 0.418 e. The van der Waals surface area contributed by atoms with Crippen LogP contribution in [0.25, 0.3) is 0 Å². The molecule has 0 radical (unpaired) electrons. The number of halogens is 3. The lowest BCUT2D eigenvalue weighted by atomic mass is 10.0. The zero-order valence-corrected chi connectivity index (χ0v) is 13.3. The first-order valence-electron chi connectivity index (χ1n) is 6.96. The van der Waals surface area contributed by atoms with Crippen LogP contribution in [0, 0.1) is 0 Å². The largest absolute Gasteiger partial charge is 0.418 e. The Morgan fingerprint density at radius 3 is 2.09 bits per heavy atom. The molecule has 0 aliphatic heterocycles. The second-order valence-electron chi connectivity index (χ2n) is 5.51. The third-order valence-corrected chi connectivity index (χ3v) is 3.03. The Balaban J connectivity index is 3.41. The number of nitrogens with zero attached hydrogens (tertiary/aromatic N) is 3. The minimum absolute atomic E-state index is 0.0254. The van der Waals surface area contributed by atoms with Gasteiger partial charge < -0.3 is 0 Å². The van der Waals surface area contributed by atoms with Gasteiger partial charge in [0.2, 0.25) is 0 Å². The van der Waals surface area contributed by atoms with Gasteiger partial charge >= 0.3 is 6.18 Å². The predicted octanol–water partition coefficient (Wildman–Crippen LogP) is 5.03. The normalized spacial score (nSPS) is 12.5. The van der Waals surface area contributed by atoms with Gasteiger partial charge in [-0.3, -0.25) is 9.80 Å². The van der Waals surface area contributed by atoms with Gasteiger partial charge in [0, 0.05) is 17.6 Å². The molecule has 4 nitrogen and oxygen atoms in total. The number of rotatable bonds is 5. The van der Waals surface area contributed by atoms with Crippen LogP contribution < -0.4 is 0 Å². The molecule has 0 aliphatic rings. The monoisotopic (exact) mass is 315 g/mol. The zero-order chi connectivity index (χ0) is 17.1. The van der Waals surface area contributed by atoms with E-state index in [2.05, 4.69) is 10.3 Å². The number of alkyl halides is 3. The zero-order valence-electron chi connectivity index (χ0n) is 13.3. The van der Waals surface area contributed by atoms with Gasteiger partial charge in [-0.05, 0) is 46.8 Å². The number of carbonyl (C=O) groups is 1. The van der Waals surface area contributed by atoms with Crippen molar-refractivity contribution in [2.75, 3.05) is 0 Å². The molecule has 0 unspecified atom stereocenters. The highest BCUT2D eigenvalue weighted by Gasteiger charge is 2.35. The molecule has 0 atom stereocenters. The Morgan fingerprint density at radius 2 is 1.68 bits per heavy atom. The molecule has 0 aliphatic carbocycles. The molecule has 22 heavy (non-hydrogen) atoms. The van der Waals surface area contributed by atoms with Gasteiger partial charge in [-0.1, -0.05) is 11.3 Å². The van der Waals surface area contributed by atoms with Crippen LogP contribution >= 0.6 is 0 Å². The number of hydrogen-bond donors (Lipinski definition) is 0. The summed E-state index contributed by atoms with van der Waals surface area (Å²) in [6.45, 7) is 8.65. The minimum atomic E-state index is -4.60. The summed E-state index contributed by atoms with van der Waals surface area (Å²) in [6, 6.07) is 3.36. The molecule has 0 saturated heterocycles. The third-order valence-electron chi connectivity index (χ3n) is 3.03. The van der Waals surface area contributed by atoms with E-state index >= 15 is 0 Å². The molecular formula is C15H20F3N3O. The van der Waals surface area contributed by atoms with Crippen molar-refractivity contribution in [3.05, 3.63) is 29.3 Å². The average Bonchev–Trinajstić information content (AvgIpc) is 2.36. The molecule has 0 aromatic heterocycles. The maximum absolute atomic E-state index is 13.1. The summed E-state index contributed by atoms with van der Waals surface area (Å²) in [5.74, 6) is -0.485. The molecule has 0 spiro atoms. The van der Waals surface area contributed by atoms with E-state index in [-0.39, 0.29) is 17.6 Å². The van der Waals surface area contributed by atoms with E-state index in [9.17, 15) is 18.0 Å². The molecule has 0 fully saturated rings. The van der Waals surface area contributed by atoms with Crippen molar-refractivity contribution in [1.29, 1.82) is 0 Å². The van der Waals surface area contributed by atoms with Crippen LogP contribution in [0.2, 0.25) is 0 Å². The van der Waals surface area contributed by atoms with Crippen LogP contribution in [0.5, 0.6) is 0 Å². The fourth-order valence-electron chi connectivity index (χ4n) is 2.06. The summed E-state index contributed by atoms with van der Waals surface area (Å²) in [6.07, 6.45) is -4.60. The number of Topliss-reactive ketones (excluding diaryl/α,β-unsaturated/α-hetero) is 1. The van der Waals surface area contributed by atoms with Crippen LogP contribution in [-0.4, -0.2) is 22.9 Å². The van der Waals surface area contributed by atoms with Crippen LogP contribution in [0.15, 0.2) is 28.5 Å². The summed E-state index contributed by atoms with van der Waals surface area (Å²) in [5, 5.41) is 9.24. The Morgan fingerprint density at radius 1 is 1.14 bits per heavy atom. The molecule has 1 aromatic carbocycles. The summed E-state index contributed by atoms with van der Waals surface area (Å²) in [7, 11) is 0. The molecule has 122 valence electrons. The Hall–Kier alpha value is -1.92. The molecule has 0 heterocycles. The van der Waals surface area contributed by atoms with Crippen molar-refractivity contribution in [1.82, 2.24) is 5.01 Å². The molecule has 0 bridgehead atoms. The fraction of sp³-hybridized carbons (Fsp3) is 0.533. The third kappa shape index (κ3) is 4.29. The summed E-state index contributed by atoms with van der Waals surface area (Å²) >= 11 is 0. The Bertz CT molecular complexity index is 558. The van der Waals surface area contributed by atoms with Crippen molar-refractivity contribution in [3.63, 3.8) is 0 Å². The van der Waals surface area contributed by atoms with Crippen molar-refractivity contribution >= 4 is 11.5 Å². The predicted molar refractivity (Wildman–Crippen MR) is 78.1 cm³/mol. The second-order valence-corrected chi connectivity index (χ2v) is 5.51. The van der Waals surface area contributed by atoms with Gasteiger partial charge in [-0.2, -0.15) is 13.2 Å². The van der Waals surface area contributed by atoms with Gasteiger partial charge in [0.15, 0.2) is 5.78 Å². The Kier molecular flexibility index (Phi) is 5.68. The molecule has 1 rings (SSSR count). The van der Waals surface area contributed by atoms with E-state index in [0.717, 1.165) is 6.07 Å². The topological polar surface area (TPSA) is 45.0 Å². The first-order valence-corrected chi connectivity index (χ1v) is 6.96. The maximum atomic E-state index is 13.1. The molecule has 7 heteroatoms. The van der Waals surface area contributed by atoms with Crippen LogP contribution in [0.3, 0.4) is 0 Å². The number of ketones is 1. The lowest BCUT2D eigenvalue weighted by Gasteiger charge is -2.26. The van der Waals surface area contributed by atoms with Gasteiger partial charge in [-0.15, -0.1) is 5.11 Å².